The lowest BCUT2D eigenvalue weighted by molar-refractivity contribution is -0.117. The largest absolute Gasteiger partial charge is 0.402 e. The van der Waals surface area contributed by atoms with Crippen LogP contribution in [0.15, 0.2) is 66.7 Å². The number of aryl methyl sites for hydroxylation is 1. The molecule has 3 aromatic heterocycles. The van der Waals surface area contributed by atoms with E-state index in [2.05, 4.69) is 45.7 Å². The molecule has 0 unspecified atom stereocenters. The third-order valence-electron chi connectivity index (χ3n) is 7.40. The van der Waals surface area contributed by atoms with Crippen molar-refractivity contribution in [3.8, 4) is 11.1 Å². The van der Waals surface area contributed by atoms with E-state index in [0.717, 1.165) is 51.5 Å². The summed E-state index contributed by atoms with van der Waals surface area (Å²) in [6.07, 6.45) is 11.6. The molecule has 0 spiro atoms. The molecule has 7 rings (SSSR count). The molecular formula is C31H27FN6OS. The van der Waals surface area contributed by atoms with E-state index in [-0.39, 0.29) is 17.6 Å². The number of hydrogen-bond acceptors (Lipinski definition) is 6. The number of imidazole rings is 1. The number of nitrogens with one attached hydrogen (secondary N) is 3. The van der Waals surface area contributed by atoms with Gasteiger partial charge in [0.15, 0.2) is 0 Å². The van der Waals surface area contributed by atoms with Crippen molar-refractivity contribution in [3.05, 3.63) is 105 Å². The van der Waals surface area contributed by atoms with Crippen LogP contribution in [-0.2, 0) is 11.2 Å². The smallest absolute Gasteiger partial charge is 0.227 e. The molecular weight excluding hydrogens is 523 g/mol. The lowest BCUT2D eigenvalue weighted by Crippen LogP contribution is -2.13. The van der Waals surface area contributed by atoms with Crippen molar-refractivity contribution in [2.75, 3.05) is 17.2 Å². The van der Waals surface area contributed by atoms with Gasteiger partial charge in [-0.05, 0) is 62.2 Å². The van der Waals surface area contributed by atoms with Crippen LogP contribution in [0.5, 0.6) is 0 Å². The van der Waals surface area contributed by atoms with Crippen molar-refractivity contribution in [1.29, 1.82) is 0 Å². The molecule has 4 aromatic rings. The van der Waals surface area contributed by atoms with Gasteiger partial charge in [-0.1, -0.05) is 6.08 Å². The summed E-state index contributed by atoms with van der Waals surface area (Å²) in [4.78, 5) is 27.5. The van der Waals surface area contributed by atoms with Crippen LogP contribution in [0.1, 0.15) is 45.4 Å². The minimum atomic E-state index is -0.369. The molecule has 1 fully saturated rings. The first kappa shape index (κ1) is 24.5. The van der Waals surface area contributed by atoms with Crippen molar-refractivity contribution in [3.63, 3.8) is 0 Å². The Hall–Kier alpha value is -4.50. The molecule has 0 saturated heterocycles. The van der Waals surface area contributed by atoms with Crippen LogP contribution < -0.4 is 16.4 Å². The van der Waals surface area contributed by atoms with E-state index >= 15 is 4.39 Å². The molecule has 40 heavy (non-hydrogen) atoms. The van der Waals surface area contributed by atoms with E-state index in [1.807, 2.05) is 18.2 Å². The summed E-state index contributed by atoms with van der Waals surface area (Å²) < 4.78 is 15.4. The second-order valence-electron chi connectivity index (χ2n) is 10.4. The maximum atomic E-state index is 15.4. The Morgan fingerprint density at radius 1 is 1.12 bits per heavy atom. The minimum absolute atomic E-state index is 0.0153. The summed E-state index contributed by atoms with van der Waals surface area (Å²) in [5.41, 5.74) is 13.9. The van der Waals surface area contributed by atoms with Gasteiger partial charge >= 0.3 is 0 Å². The van der Waals surface area contributed by atoms with E-state index < -0.39 is 0 Å². The first-order valence-electron chi connectivity index (χ1n) is 13.3. The summed E-state index contributed by atoms with van der Waals surface area (Å²) in [5, 5.41) is 6.19. The Morgan fingerprint density at radius 3 is 2.80 bits per heavy atom. The fourth-order valence-corrected chi connectivity index (χ4v) is 6.10. The fourth-order valence-electron chi connectivity index (χ4n) is 5.20. The van der Waals surface area contributed by atoms with Crippen LogP contribution in [0, 0.1) is 18.7 Å². The van der Waals surface area contributed by atoms with Gasteiger partial charge in [0.1, 0.15) is 11.6 Å². The van der Waals surface area contributed by atoms with E-state index in [1.165, 1.54) is 10.9 Å². The van der Waals surface area contributed by atoms with Gasteiger partial charge in [-0.15, -0.1) is 11.3 Å². The second kappa shape index (κ2) is 9.60. The molecule has 9 heteroatoms. The third-order valence-corrected chi connectivity index (χ3v) is 8.43. The molecule has 3 aliphatic rings. The number of aromatic amines is 1. The monoisotopic (exact) mass is 550 g/mol. The van der Waals surface area contributed by atoms with Gasteiger partial charge in [0.25, 0.3) is 0 Å². The number of nitrogens with two attached hydrogens (primary N) is 1. The number of halogens is 1. The Balaban J connectivity index is 1.27. The topological polar surface area (TPSA) is 109 Å². The summed E-state index contributed by atoms with van der Waals surface area (Å²) in [7, 11) is 0. The Morgan fingerprint density at radius 2 is 2.00 bits per heavy atom. The van der Waals surface area contributed by atoms with Crippen LogP contribution in [-0.4, -0.2) is 27.4 Å². The van der Waals surface area contributed by atoms with Gasteiger partial charge < -0.3 is 21.4 Å². The molecule has 1 aliphatic heterocycles. The number of aromatic nitrogens is 3. The maximum Gasteiger partial charge on any atom is 0.227 e. The van der Waals surface area contributed by atoms with Crippen molar-refractivity contribution < 1.29 is 9.18 Å². The lowest BCUT2D eigenvalue weighted by atomic mass is 9.94. The van der Waals surface area contributed by atoms with Crippen molar-refractivity contribution in [2.24, 2.45) is 11.7 Å². The number of carbonyl (C=O) groups is 1. The molecule has 0 bridgehead atoms. The molecule has 5 N–H and O–H groups in total. The van der Waals surface area contributed by atoms with Gasteiger partial charge in [-0.25, -0.2) is 9.37 Å². The highest BCUT2D eigenvalue weighted by Crippen LogP contribution is 2.39. The number of thiophene rings is 1. The molecule has 7 nitrogen and oxygen atoms in total. The quantitative estimate of drug-likeness (QED) is 0.243. The zero-order chi connectivity index (χ0) is 27.4. The summed E-state index contributed by atoms with van der Waals surface area (Å²) in [5.74, 6) is 0.393. The van der Waals surface area contributed by atoms with Crippen LogP contribution in [0.25, 0.3) is 22.3 Å². The van der Waals surface area contributed by atoms with Crippen LogP contribution >= 0.6 is 11.3 Å². The molecule has 4 heterocycles. The zero-order valence-corrected chi connectivity index (χ0v) is 22.7. The van der Waals surface area contributed by atoms with Crippen molar-refractivity contribution in [1.82, 2.24) is 15.0 Å². The van der Waals surface area contributed by atoms with Crippen LogP contribution in [0.4, 0.5) is 15.8 Å². The highest BCUT2D eigenvalue weighted by atomic mass is 32.1. The first-order chi connectivity index (χ1) is 19.4. The van der Waals surface area contributed by atoms with E-state index in [1.54, 1.807) is 29.8 Å². The Kier molecular flexibility index (Phi) is 5.89. The summed E-state index contributed by atoms with van der Waals surface area (Å²) >= 11 is 1.72. The molecule has 1 aromatic carbocycles. The number of pyridine rings is 1. The summed E-state index contributed by atoms with van der Waals surface area (Å²) in [6.45, 7) is 2.64. The molecule has 0 atom stereocenters. The number of nitrogens with zero attached hydrogens (tertiary/aromatic N) is 2. The molecule has 0 radical (unpaired) electrons. The fraction of sp³-hybridized carbons (Fsp3) is 0.194. The highest BCUT2D eigenvalue weighted by Gasteiger charge is 2.30. The predicted molar refractivity (Wildman–Crippen MR) is 157 cm³/mol. The number of fused-ring (bicyclic) bond motifs is 2. The predicted octanol–water partition coefficient (Wildman–Crippen LogP) is 6.02. The number of hydrogen-bond donors (Lipinski definition) is 4. The number of rotatable bonds is 5. The molecule has 1 saturated carbocycles. The minimum Gasteiger partial charge on any atom is -0.402 e. The van der Waals surface area contributed by atoms with Crippen LogP contribution in [0.2, 0.25) is 0 Å². The van der Waals surface area contributed by atoms with Crippen LogP contribution in [0.3, 0.4) is 0 Å². The van der Waals surface area contributed by atoms with E-state index in [9.17, 15) is 4.79 Å². The average molecular weight is 551 g/mol. The third kappa shape index (κ3) is 4.52. The van der Waals surface area contributed by atoms with Gasteiger partial charge in [0, 0.05) is 79.7 Å². The average Bonchev–Trinajstić information content (AvgIpc) is 3.63. The standard InChI is InChI=1S/C31H27FN6OS/c1-16-2-7-28(40-16)22-6-5-19(33)11-27-29(22)38-30(37-27)21-8-9-35-26-13-25(32)23(12-24(21)26)18-10-20(15-34-14-18)36-31(39)17-3-4-17/h2,5-8,10,12-15,17,35H,3-4,9,11,33H2,1H3,(H,36,39)(H,37,38). The lowest BCUT2D eigenvalue weighted by Gasteiger charge is -2.20. The Labute approximate surface area is 234 Å². The van der Waals surface area contributed by atoms with Gasteiger partial charge in [-0.3, -0.25) is 9.78 Å². The SMILES string of the molecule is Cc1ccc(C2=CC=C(N)Cc3[nH]c(C4=CCNc5cc(F)c(-c6cncc(NC(=O)C7CC7)c6)cc54)nc32)s1. The van der Waals surface area contributed by atoms with E-state index in [4.69, 9.17) is 10.7 Å². The number of amides is 1. The number of allylic oxidation sites excluding steroid dienone is 3. The van der Waals surface area contributed by atoms with Gasteiger partial charge in [0.2, 0.25) is 5.91 Å². The number of benzene rings is 1. The second-order valence-corrected chi connectivity index (χ2v) is 11.7. The van der Waals surface area contributed by atoms with E-state index in [0.29, 0.717) is 41.3 Å². The number of H-pyrrole nitrogens is 1. The molecule has 2 aliphatic carbocycles. The number of anilines is 2. The molecule has 1 amide bonds. The van der Waals surface area contributed by atoms with Gasteiger partial charge in [0.05, 0.1) is 17.6 Å². The number of carbonyl (C=O) groups excluding carboxylic acids is 1. The van der Waals surface area contributed by atoms with Crippen molar-refractivity contribution >= 4 is 39.8 Å². The van der Waals surface area contributed by atoms with Gasteiger partial charge in [-0.2, -0.15) is 0 Å². The molecule has 200 valence electrons. The maximum absolute atomic E-state index is 15.4. The van der Waals surface area contributed by atoms with Crippen molar-refractivity contribution in [2.45, 2.75) is 26.2 Å². The Bertz CT molecular complexity index is 1770. The first-order valence-corrected chi connectivity index (χ1v) is 14.1. The normalized spacial score (nSPS) is 16.1. The zero-order valence-electron chi connectivity index (χ0n) is 21.8. The summed E-state index contributed by atoms with van der Waals surface area (Å²) in [6, 6.07) is 9.33. The highest BCUT2D eigenvalue weighted by molar-refractivity contribution is 7.13.